The minimum absolute atomic E-state index is 0.0157. The number of carbonyl (C=O) groups is 2. The van der Waals surface area contributed by atoms with Crippen molar-refractivity contribution in [1.29, 1.82) is 0 Å². The average Bonchev–Trinajstić information content (AvgIpc) is 3.33. The van der Waals surface area contributed by atoms with E-state index in [0.29, 0.717) is 37.2 Å². The Labute approximate surface area is 305 Å². The smallest absolute Gasteiger partial charge is 0.328 e. The number of allylic oxidation sites excluding steroid dienone is 1. The number of benzene rings is 2. The summed E-state index contributed by atoms with van der Waals surface area (Å²) >= 11 is 6.41. The maximum absolute atomic E-state index is 14.5. The van der Waals surface area contributed by atoms with E-state index in [1.165, 1.54) is 40.6 Å². The van der Waals surface area contributed by atoms with Crippen molar-refractivity contribution in [3.8, 4) is 5.75 Å². The summed E-state index contributed by atoms with van der Waals surface area (Å²) in [6, 6.07) is 11.4. The van der Waals surface area contributed by atoms with E-state index >= 15 is 0 Å². The van der Waals surface area contributed by atoms with Gasteiger partial charge in [-0.05, 0) is 104 Å². The number of rotatable bonds is 3. The maximum Gasteiger partial charge on any atom is 0.328 e. The molecule has 0 saturated heterocycles. The van der Waals surface area contributed by atoms with Gasteiger partial charge in [-0.25, -0.2) is 9.00 Å². The molecule has 2 aliphatic heterocycles. The second-order valence-electron chi connectivity index (χ2n) is 14.2. The molecule has 3 heterocycles. The second-order valence-corrected chi connectivity index (χ2v) is 16.6. The Hall–Kier alpha value is -3.87. The number of fused-ring (bicyclic) bond motifs is 3. The molecule has 0 spiro atoms. The molecule has 13 heteroatoms. The summed E-state index contributed by atoms with van der Waals surface area (Å²) < 4.78 is 36.2. The van der Waals surface area contributed by atoms with Gasteiger partial charge in [-0.1, -0.05) is 36.7 Å². The average molecular weight is 738 g/mol. The third-order valence-electron chi connectivity index (χ3n) is 10.4. The number of aromatic nitrogens is 2. The lowest BCUT2D eigenvalue weighted by Crippen LogP contribution is -2.44. The Bertz CT molecular complexity index is 2000. The minimum atomic E-state index is -3.63. The van der Waals surface area contributed by atoms with Crippen LogP contribution in [0.1, 0.15) is 71.0 Å². The molecule has 5 atom stereocenters. The second kappa shape index (κ2) is 15.8. The molecule has 2 amide bonds. The maximum atomic E-state index is 14.5. The standard InChI is InChI=1S/C38H48ClN5O6S/c1-25-8-7-10-34(49-4)31-15-12-29(31)22-44-18-17-26-11-14-30(39)20-27(26)9-5-6-19-50-35-16-13-28(21-32(35)44)36(45)40-51(48,24-25)41-37(46)33-23-42(2)38(47)43(33)3/h7,10-11,13-14,16,20-21,23,25,29,31,34H,5-6,8-9,12,15,17-19,22,24H2,1-4H3,(H,40,41,45,46,48)/b10-7+/t25-,29-,31+,34-,51?/m0/s1. The highest BCUT2D eigenvalue weighted by atomic mass is 35.5. The van der Waals surface area contributed by atoms with Crippen LogP contribution in [0.5, 0.6) is 5.75 Å². The molecule has 274 valence electrons. The van der Waals surface area contributed by atoms with Crippen molar-refractivity contribution in [1.82, 2.24) is 13.9 Å². The number of hydrogen-bond acceptors (Lipinski definition) is 7. The first-order valence-electron chi connectivity index (χ1n) is 17.8. The SMILES string of the molecule is CO[C@H]1/C=C/C[C@H](C)CS(=O)(NC(=O)c2cn(C)c(=O)n2C)=NC(=O)c2ccc3c(c2)N(CCc2ccc(Cl)cc2CCCCO3)C[C@@H]2CC[C@H]21. The molecule has 11 nitrogen and oxygen atoms in total. The summed E-state index contributed by atoms with van der Waals surface area (Å²) in [5, 5.41) is 0.727. The summed E-state index contributed by atoms with van der Waals surface area (Å²) in [7, 11) is 1.10. The highest BCUT2D eigenvalue weighted by Crippen LogP contribution is 2.41. The quantitative estimate of drug-likeness (QED) is 0.341. The van der Waals surface area contributed by atoms with Crippen LogP contribution in [0.2, 0.25) is 5.02 Å². The lowest BCUT2D eigenvalue weighted by Gasteiger charge is -2.43. The fraction of sp³-hybridized carbons (Fsp3) is 0.500. The van der Waals surface area contributed by atoms with Crippen molar-refractivity contribution < 1.29 is 23.3 Å². The van der Waals surface area contributed by atoms with E-state index in [0.717, 1.165) is 55.8 Å². The zero-order valence-electron chi connectivity index (χ0n) is 29.8. The summed E-state index contributed by atoms with van der Waals surface area (Å²) in [6.07, 6.45) is 11.6. The van der Waals surface area contributed by atoms with Crippen LogP contribution in [0.4, 0.5) is 5.69 Å². The Morgan fingerprint density at radius 1 is 1.08 bits per heavy atom. The van der Waals surface area contributed by atoms with Crippen LogP contribution < -0.4 is 20.0 Å². The summed E-state index contributed by atoms with van der Waals surface area (Å²) in [6.45, 7) is 3.84. The Balaban J connectivity index is 1.43. The topological polar surface area (TPSA) is 124 Å². The summed E-state index contributed by atoms with van der Waals surface area (Å²) in [5.41, 5.74) is 3.13. The molecule has 6 rings (SSSR count). The first kappa shape index (κ1) is 36.9. The largest absolute Gasteiger partial charge is 0.491 e. The van der Waals surface area contributed by atoms with E-state index < -0.39 is 27.4 Å². The molecule has 1 N–H and O–H groups in total. The minimum Gasteiger partial charge on any atom is -0.491 e. The van der Waals surface area contributed by atoms with E-state index in [9.17, 15) is 18.6 Å². The van der Waals surface area contributed by atoms with Gasteiger partial charge in [0.1, 0.15) is 21.4 Å². The van der Waals surface area contributed by atoms with E-state index in [1.54, 1.807) is 25.3 Å². The predicted molar refractivity (Wildman–Crippen MR) is 200 cm³/mol. The van der Waals surface area contributed by atoms with Crippen LogP contribution in [0.15, 0.2) is 63.9 Å². The Morgan fingerprint density at radius 3 is 2.63 bits per heavy atom. The zero-order chi connectivity index (χ0) is 36.3. The van der Waals surface area contributed by atoms with Gasteiger partial charge in [-0.2, -0.15) is 0 Å². The van der Waals surface area contributed by atoms with E-state index in [1.807, 2.05) is 19.1 Å². The fourth-order valence-electron chi connectivity index (χ4n) is 7.45. The fourth-order valence-corrected chi connectivity index (χ4v) is 9.52. The van der Waals surface area contributed by atoms with Gasteiger partial charge in [0.15, 0.2) is 0 Å². The molecule has 51 heavy (non-hydrogen) atoms. The lowest BCUT2D eigenvalue weighted by atomic mass is 9.70. The molecule has 0 radical (unpaired) electrons. The van der Waals surface area contributed by atoms with E-state index in [4.69, 9.17) is 21.1 Å². The first-order valence-corrected chi connectivity index (χ1v) is 19.8. The van der Waals surface area contributed by atoms with Crippen molar-refractivity contribution in [3.05, 3.63) is 92.6 Å². The number of carbonyl (C=O) groups excluding carboxylic acids is 2. The van der Waals surface area contributed by atoms with Crippen LogP contribution in [0.3, 0.4) is 0 Å². The molecule has 2 aromatic carbocycles. The van der Waals surface area contributed by atoms with E-state index in [2.05, 4.69) is 32.2 Å². The molecule has 1 aromatic heterocycles. The van der Waals surface area contributed by atoms with Crippen LogP contribution in [0.25, 0.3) is 0 Å². The van der Waals surface area contributed by atoms with Gasteiger partial charge in [-0.3, -0.25) is 18.9 Å². The molecule has 3 aliphatic rings. The predicted octanol–water partition coefficient (Wildman–Crippen LogP) is 5.73. The van der Waals surface area contributed by atoms with Gasteiger partial charge in [0.25, 0.3) is 11.8 Å². The number of methoxy groups -OCH3 is 1. The summed E-state index contributed by atoms with van der Waals surface area (Å²) in [4.78, 5) is 42.1. The normalized spacial score (nSPS) is 26.5. The monoisotopic (exact) mass is 737 g/mol. The van der Waals surface area contributed by atoms with Crippen molar-refractivity contribution in [2.45, 2.75) is 58.0 Å². The van der Waals surface area contributed by atoms with Crippen LogP contribution in [-0.4, -0.2) is 63.8 Å². The van der Waals surface area contributed by atoms with Crippen LogP contribution in [0, 0.1) is 17.8 Å². The molecule has 1 aliphatic carbocycles. The zero-order valence-corrected chi connectivity index (χ0v) is 31.4. The van der Waals surface area contributed by atoms with Crippen molar-refractivity contribution in [2.24, 2.45) is 36.2 Å². The Kier molecular flexibility index (Phi) is 11.4. The van der Waals surface area contributed by atoms with Gasteiger partial charge in [0.2, 0.25) is 0 Å². The molecular formula is C38H48ClN5O6S. The van der Waals surface area contributed by atoms with Gasteiger partial charge in [-0.15, -0.1) is 4.36 Å². The van der Waals surface area contributed by atoms with E-state index in [-0.39, 0.29) is 29.0 Å². The molecule has 1 unspecified atom stereocenters. The van der Waals surface area contributed by atoms with Crippen molar-refractivity contribution >= 4 is 39.0 Å². The van der Waals surface area contributed by atoms with Crippen LogP contribution >= 0.6 is 11.6 Å². The number of aryl methyl sites for hydroxylation is 2. The highest BCUT2D eigenvalue weighted by molar-refractivity contribution is 7.92. The van der Waals surface area contributed by atoms with Gasteiger partial charge >= 0.3 is 5.69 Å². The molecule has 1 saturated carbocycles. The third-order valence-corrected chi connectivity index (χ3v) is 12.7. The lowest BCUT2D eigenvalue weighted by molar-refractivity contribution is 0.0135. The first-order chi connectivity index (χ1) is 24.4. The number of nitrogens with one attached hydrogen (secondary N) is 1. The molecule has 2 bridgehead atoms. The van der Waals surface area contributed by atoms with Crippen LogP contribution in [-0.2, 0) is 41.6 Å². The number of halogens is 1. The van der Waals surface area contributed by atoms with Gasteiger partial charge < -0.3 is 18.9 Å². The molecule has 3 aromatic rings. The number of hydrogen-bond donors (Lipinski definition) is 1. The van der Waals surface area contributed by atoms with Gasteiger partial charge in [0.05, 0.1) is 24.2 Å². The number of nitrogens with zero attached hydrogens (tertiary/aromatic N) is 4. The van der Waals surface area contributed by atoms with Crippen molar-refractivity contribution in [2.75, 3.05) is 37.5 Å². The summed E-state index contributed by atoms with van der Waals surface area (Å²) in [5.74, 6) is -0.366. The number of ether oxygens (including phenoxy) is 2. The third kappa shape index (κ3) is 8.45. The Morgan fingerprint density at radius 2 is 1.90 bits per heavy atom. The number of amides is 2. The highest BCUT2D eigenvalue weighted by Gasteiger charge is 2.38. The molecular weight excluding hydrogens is 690 g/mol. The molecule has 1 fully saturated rings. The number of imidazole rings is 1. The number of anilines is 1. The van der Waals surface area contributed by atoms with Gasteiger partial charge in [0, 0.05) is 51.1 Å². The van der Waals surface area contributed by atoms with Crippen molar-refractivity contribution in [3.63, 3.8) is 0 Å².